The van der Waals surface area contributed by atoms with Gasteiger partial charge in [-0.15, -0.1) is 0 Å². The predicted molar refractivity (Wildman–Crippen MR) is 119 cm³/mol. The van der Waals surface area contributed by atoms with Crippen molar-refractivity contribution in [2.45, 2.75) is 39.5 Å². The van der Waals surface area contributed by atoms with Gasteiger partial charge in [-0.1, -0.05) is 74.5 Å². The van der Waals surface area contributed by atoms with Crippen LogP contribution in [-0.2, 0) is 12.8 Å². The summed E-state index contributed by atoms with van der Waals surface area (Å²) in [4.78, 5) is 0. The average Bonchev–Trinajstić information content (AvgIpc) is 3.25. The molecule has 0 nitrogen and oxygen atoms in total. The molecule has 0 radical (unpaired) electrons. The first-order valence-electron chi connectivity index (χ1n) is 10.4. The summed E-state index contributed by atoms with van der Waals surface area (Å²) in [6.07, 6.45) is 2.16. The van der Waals surface area contributed by atoms with Crippen LogP contribution in [0.25, 0.3) is 33.0 Å². The third-order valence-electron chi connectivity index (χ3n) is 6.88. The van der Waals surface area contributed by atoms with E-state index in [-0.39, 0.29) is 0 Å². The van der Waals surface area contributed by atoms with Crippen LogP contribution in [-0.4, -0.2) is 0 Å². The molecular formula is C28H24. The van der Waals surface area contributed by atoms with E-state index in [9.17, 15) is 0 Å². The third-order valence-corrected chi connectivity index (χ3v) is 6.88. The highest BCUT2D eigenvalue weighted by molar-refractivity contribution is 6.02. The maximum absolute atomic E-state index is 2.39. The number of benzene rings is 4. The molecule has 0 spiro atoms. The number of aryl methyl sites for hydroxylation is 1. The van der Waals surface area contributed by atoms with Gasteiger partial charge in [0.25, 0.3) is 0 Å². The van der Waals surface area contributed by atoms with Crippen molar-refractivity contribution in [3.05, 3.63) is 94.0 Å². The molecule has 4 aromatic rings. The summed E-state index contributed by atoms with van der Waals surface area (Å²) in [6, 6.07) is 22.9. The van der Waals surface area contributed by atoms with Crippen molar-refractivity contribution in [1.29, 1.82) is 0 Å². The lowest BCUT2D eigenvalue weighted by Crippen LogP contribution is -1.99. The lowest BCUT2D eigenvalue weighted by molar-refractivity contribution is 0.842. The van der Waals surface area contributed by atoms with Crippen molar-refractivity contribution >= 4 is 10.8 Å². The van der Waals surface area contributed by atoms with Gasteiger partial charge in [0, 0.05) is 0 Å². The maximum Gasteiger partial charge on any atom is -0.000744 e. The summed E-state index contributed by atoms with van der Waals surface area (Å²) in [6.45, 7) is 6.93. The largest absolute Gasteiger partial charge is 0.0616 e. The Morgan fingerprint density at radius 2 is 1.39 bits per heavy atom. The van der Waals surface area contributed by atoms with E-state index in [1.165, 1.54) is 44.2 Å². The Kier molecular flexibility index (Phi) is 3.21. The van der Waals surface area contributed by atoms with Crippen molar-refractivity contribution in [2.24, 2.45) is 0 Å². The Morgan fingerprint density at radius 3 is 2.25 bits per heavy atom. The lowest BCUT2D eigenvalue weighted by atomic mass is 9.89. The smallest absolute Gasteiger partial charge is 0.000744 e. The Balaban J connectivity index is 1.59. The molecule has 0 bridgehead atoms. The van der Waals surface area contributed by atoms with Gasteiger partial charge in [-0.3, -0.25) is 0 Å². The molecular weight excluding hydrogens is 336 g/mol. The second-order valence-corrected chi connectivity index (χ2v) is 8.77. The summed E-state index contributed by atoms with van der Waals surface area (Å²) in [5.74, 6) is 0.568. The molecule has 136 valence electrons. The molecule has 0 saturated heterocycles. The number of fused-ring (bicyclic) bond motifs is 9. The predicted octanol–water partition coefficient (Wildman–Crippen LogP) is 7.41. The Morgan fingerprint density at radius 1 is 0.679 bits per heavy atom. The molecule has 4 aromatic carbocycles. The first-order valence-corrected chi connectivity index (χ1v) is 10.4. The normalized spacial score (nSPS) is 13.6. The minimum Gasteiger partial charge on any atom is -0.0616 e. The van der Waals surface area contributed by atoms with Gasteiger partial charge in [-0.05, 0) is 92.1 Å². The standard InChI is InChI=1S/C28H24/c1-16(2)27-17(3)8-11-22-21-12-13-23-24(25(21)15-26(22)27)14-19-10-9-18-6-4-5-7-20(18)28(19)23/h4-13,16H,14-15H2,1-3H3. The van der Waals surface area contributed by atoms with Crippen LogP contribution in [0.4, 0.5) is 0 Å². The Bertz CT molecular complexity index is 1290. The second kappa shape index (κ2) is 5.58. The van der Waals surface area contributed by atoms with Gasteiger partial charge in [0.15, 0.2) is 0 Å². The minimum absolute atomic E-state index is 0.568. The van der Waals surface area contributed by atoms with Crippen LogP contribution in [0.15, 0.2) is 60.7 Å². The molecule has 0 heterocycles. The van der Waals surface area contributed by atoms with Crippen LogP contribution in [0.2, 0.25) is 0 Å². The van der Waals surface area contributed by atoms with Gasteiger partial charge in [0.05, 0.1) is 0 Å². The average molecular weight is 361 g/mol. The highest BCUT2D eigenvalue weighted by atomic mass is 14.3. The molecule has 0 aliphatic heterocycles. The van der Waals surface area contributed by atoms with E-state index in [0.29, 0.717) is 5.92 Å². The van der Waals surface area contributed by atoms with E-state index in [0.717, 1.165) is 12.8 Å². The van der Waals surface area contributed by atoms with Gasteiger partial charge < -0.3 is 0 Å². The highest BCUT2D eigenvalue weighted by Gasteiger charge is 2.30. The Hall–Kier alpha value is -2.86. The van der Waals surface area contributed by atoms with Crippen LogP contribution < -0.4 is 0 Å². The molecule has 2 aliphatic carbocycles. The third kappa shape index (κ3) is 2.01. The molecule has 0 amide bonds. The Labute approximate surface area is 166 Å². The van der Waals surface area contributed by atoms with Gasteiger partial charge in [-0.25, -0.2) is 0 Å². The summed E-state index contributed by atoms with van der Waals surface area (Å²) in [5.41, 5.74) is 15.0. The zero-order valence-corrected chi connectivity index (χ0v) is 16.8. The SMILES string of the molecule is Cc1ccc2c(c1C(C)C)Cc1c-2ccc2c1Cc1ccc3ccccc3c1-2. The van der Waals surface area contributed by atoms with Crippen LogP contribution >= 0.6 is 0 Å². The fourth-order valence-electron chi connectivity index (χ4n) is 5.76. The van der Waals surface area contributed by atoms with E-state index >= 15 is 0 Å². The first kappa shape index (κ1) is 16.1. The van der Waals surface area contributed by atoms with Crippen LogP contribution in [0.3, 0.4) is 0 Å². The molecule has 0 unspecified atom stereocenters. The van der Waals surface area contributed by atoms with Crippen molar-refractivity contribution in [3.63, 3.8) is 0 Å². The summed E-state index contributed by atoms with van der Waals surface area (Å²) < 4.78 is 0. The number of rotatable bonds is 1. The molecule has 0 heteroatoms. The van der Waals surface area contributed by atoms with E-state index < -0.39 is 0 Å². The molecule has 0 fully saturated rings. The summed E-state index contributed by atoms with van der Waals surface area (Å²) in [5, 5.41) is 2.74. The highest BCUT2D eigenvalue weighted by Crippen LogP contribution is 2.49. The summed E-state index contributed by atoms with van der Waals surface area (Å²) >= 11 is 0. The van der Waals surface area contributed by atoms with Gasteiger partial charge in [0.1, 0.15) is 0 Å². The molecule has 0 N–H and O–H groups in total. The number of hydrogen-bond donors (Lipinski definition) is 0. The second-order valence-electron chi connectivity index (χ2n) is 8.77. The topological polar surface area (TPSA) is 0 Å². The molecule has 0 aromatic heterocycles. The monoisotopic (exact) mass is 360 g/mol. The van der Waals surface area contributed by atoms with E-state index in [1.54, 1.807) is 22.3 Å². The van der Waals surface area contributed by atoms with Crippen molar-refractivity contribution in [2.75, 3.05) is 0 Å². The maximum atomic E-state index is 2.39. The fraction of sp³-hybridized carbons (Fsp3) is 0.214. The molecule has 0 atom stereocenters. The van der Waals surface area contributed by atoms with Gasteiger partial charge in [0.2, 0.25) is 0 Å². The van der Waals surface area contributed by atoms with Crippen LogP contribution in [0, 0.1) is 6.92 Å². The summed E-state index contributed by atoms with van der Waals surface area (Å²) in [7, 11) is 0. The van der Waals surface area contributed by atoms with Crippen molar-refractivity contribution in [1.82, 2.24) is 0 Å². The number of hydrogen-bond acceptors (Lipinski definition) is 0. The lowest BCUT2D eigenvalue weighted by Gasteiger charge is -2.15. The molecule has 2 aliphatic rings. The zero-order chi connectivity index (χ0) is 19.0. The quantitative estimate of drug-likeness (QED) is 0.286. The minimum atomic E-state index is 0.568. The van der Waals surface area contributed by atoms with Crippen molar-refractivity contribution < 1.29 is 0 Å². The van der Waals surface area contributed by atoms with Gasteiger partial charge in [-0.2, -0.15) is 0 Å². The first-order chi connectivity index (χ1) is 13.6. The van der Waals surface area contributed by atoms with Crippen LogP contribution in [0.5, 0.6) is 0 Å². The zero-order valence-electron chi connectivity index (χ0n) is 16.8. The van der Waals surface area contributed by atoms with Gasteiger partial charge >= 0.3 is 0 Å². The van der Waals surface area contributed by atoms with E-state index in [2.05, 4.69) is 81.4 Å². The van der Waals surface area contributed by atoms with E-state index in [1.807, 2.05) is 0 Å². The van der Waals surface area contributed by atoms with Crippen molar-refractivity contribution in [3.8, 4) is 22.3 Å². The fourth-order valence-corrected chi connectivity index (χ4v) is 5.76. The molecule has 0 saturated carbocycles. The van der Waals surface area contributed by atoms with Crippen LogP contribution in [0.1, 0.15) is 53.1 Å². The molecule has 6 rings (SSSR count). The van der Waals surface area contributed by atoms with E-state index in [4.69, 9.17) is 0 Å². The molecule has 28 heavy (non-hydrogen) atoms.